The third-order valence-corrected chi connectivity index (χ3v) is 2.83. The molecular weight excluding hydrogens is 254 g/mol. The molecule has 0 atom stereocenters. The van der Waals surface area contributed by atoms with E-state index in [2.05, 4.69) is 5.32 Å². The molecule has 4 heteroatoms. The van der Waals surface area contributed by atoms with Crippen LogP contribution in [-0.4, -0.2) is 17.6 Å². The molecule has 2 aromatic carbocycles. The highest BCUT2D eigenvalue weighted by Gasteiger charge is 2.09. The molecule has 0 heterocycles. The lowest BCUT2D eigenvalue weighted by Crippen LogP contribution is -2.11. The minimum Gasteiger partial charge on any atom is -0.506 e. The lowest BCUT2D eigenvalue weighted by atomic mass is 10.1. The second-order valence-electron chi connectivity index (χ2n) is 4.43. The maximum Gasteiger partial charge on any atom is 0.255 e. The molecule has 4 nitrogen and oxygen atoms in total. The minimum absolute atomic E-state index is 0.0595. The number of nitrogens with one attached hydrogen (secondary N) is 1. The summed E-state index contributed by atoms with van der Waals surface area (Å²) < 4.78 is 5.32. The summed E-state index contributed by atoms with van der Waals surface area (Å²) in [5.74, 6) is 0.513. The highest BCUT2D eigenvalue weighted by Crippen LogP contribution is 2.24. The van der Waals surface area contributed by atoms with Crippen molar-refractivity contribution >= 4 is 11.6 Å². The van der Waals surface area contributed by atoms with Crippen molar-refractivity contribution in [1.82, 2.24) is 0 Å². The highest BCUT2D eigenvalue weighted by molar-refractivity contribution is 6.05. The molecule has 1 amide bonds. The molecule has 2 aromatic rings. The summed E-state index contributed by atoms with van der Waals surface area (Å²) >= 11 is 0. The Labute approximate surface area is 118 Å². The van der Waals surface area contributed by atoms with E-state index in [1.165, 1.54) is 0 Å². The number of anilines is 1. The number of phenolic OH excluding ortho intramolecular Hbond substituents is 1. The lowest BCUT2D eigenvalue weighted by molar-refractivity contribution is 0.102. The topological polar surface area (TPSA) is 58.6 Å². The molecule has 0 aliphatic carbocycles. The van der Waals surface area contributed by atoms with Gasteiger partial charge in [-0.05, 0) is 55.8 Å². The van der Waals surface area contributed by atoms with Crippen molar-refractivity contribution in [3.63, 3.8) is 0 Å². The van der Waals surface area contributed by atoms with Crippen molar-refractivity contribution in [2.45, 2.75) is 13.8 Å². The standard InChI is InChI=1S/C16H17NO3/c1-3-20-13-7-5-12(6-8-13)16(19)17-14-9-4-11(2)10-15(14)18/h4-10,18H,3H2,1-2H3,(H,17,19). The smallest absolute Gasteiger partial charge is 0.255 e. The number of rotatable bonds is 4. The second-order valence-corrected chi connectivity index (χ2v) is 4.43. The van der Waals surface area contributed by atoms with Gasteiger partial charge in [0.15, 0.2) is 0 Å². The normalized spacial score (nSPS) is 10.1. The second kappa shape index (κ2) is 6.10. The molecular formula is C16H17NO3. The van der Waals surface area contributed by atoms with Crippen LogP contribution in [0.4, 0.5) is 5.69 Å². The van der Waals surface area contributed by atoms with E-state index in [1.807, 2.05) is 19.9 Å². The Morgan fingerprint density at radius 1 is 1.20 bits per heavy atom. The van der Waals surface area contributed by atoms with E-state index in [-0.39, 0.29) is 11.7 Å². The van der Waals surface area contributed by atoms with Crippen LogP contribution in [0, 0.1) is 6.92 Å². The Kier molecular flexibility index (Phi) is 4.25. The number of aryl methyl sites for hydroxylation is 1. The molecule has 0 spiro atoms. The third-order valence-electron chi connectivity index (χ3n) is 2.83. The van der Waals surface area contributed by atoms with Crippen LogP contribution in [0.5, 0.6) is 11.5 Å². The van der Waals surface area contributed by atoms with Crippen LogP contribution in [0.2, 0.25) is 0 Å². The summed E-state index contributed by atoms with van der Waals surface area (Å²) in [6.45, 7) is 4.36. The van der Waals surface area contributed by atoms with Crippen LogP contribution in [0.3, 0.4) is 0 Å². The number of hydrogen-bond donors (Lipinski definition) is 2. The molecule has 0 fully saturated rings. The zero-order valence-electron chi connectivity index (χ0n) is 11.5. The number of amides is 1. The van der Waals surface area contributed by atoms with Crippen molar-refractivity contribution in [1.29, 1.82) is 0 Å². The van der Waals surface area contributed by atoms with Crippen molar-refractivity contribution in [2.24, 2.45) is 0 Å². The molecule has 20 heavy (non-hydrogen) atoms. The lowest BCUT2D eigenvalue weighted by Gasteiger charge is -2.08. The summed E-state index contributed by atoms with van der Waals surface area (Å²) in [6, 6.07) is 12.0. The van der Waals surface area contributed by atoms with E-state index in [4.69, 9.17) is 4.74 Å². The number of hydrogen-bond acceptors (Lipinski definition) is 3. The number of carbonyl (C=O) groups excluding carboxylic acids is 1. The van der Waals surface area contributed by atoms with Gasteiger partial charge in [0.1, 0.15) is 11.5 Å². The van der Waals surface area contributed by atoms with Crippen molar-refractivity contribution in [3.8, 4) is 11.5 Å². The molecule has 0 bridgehead atoms. The van der Waals surface area contributed by atoms with Crippen molar-refractivity contribution in [3.05, 3.63) is 53.6 Å². The number of ether oxygens (including phenoxy) is 1. The van der Waals surface area contributed by atoms with Crippen LogP contribution < -0.4 is 10.1 Å². The van der Waals surface area contributed by atoms with Crippen molar-refractivity contribution in [2.75, 3.05) is 11.9 Å². The van der Waals surface area contributed by atoms with Gasteiger partial charge >= 0.3 is 0 Å². The average Bonchev–Trinajstić information content (AvgIpc) is 2.43. The fourth-order valence-corrected chi connectivity index (χ4v) is 1.81. The van der Waals surface area contributed by atoms with E-state index >= 15 is 0 Å². The van der Waals surface area contributed by atoms with Gasteiger partial charge in [0.2, 0.25) is 0 Å². The van der Waals surface area contributed by atoms with E-state index in [1.54, 1.807) is 36.4 Å². The van der Waals surface area contributed by atoms with Crippen LogP contribution >= 0.6 is 0 Å². The Balaban J connectivity index is 2.11. The molecule has 2 rings (SSSR count). The Morgan fingerprint density at radius 2 is 1.90 bits per heavy atom. The number of benzene rings is 2. The van der Waals surface area contributed by atoms with E-state index in [0.717, 1.165) is 11.3 Å². The fourth-order valence-electron chi connectivity index (χ4n) is 1.81. The fraction of sp³-hybridized carbons (Fsp3) is 0.188. The summed E-state index contributed by atoms with van der Waals surface area (Å²) in [6.07, 6.45) is 0. The number of carbonyl (C=O) groups is 1. The van der Waals surface area contributed by atoms with Gasteiger partial charge in [0, 0.05) is 5.56 Å². The van der Waals surface area contributed by atoms with Gasteiger partial charge in [-0.1, -0.05) is 6.07 Å². The van der Waals surface area contributed by atoms with Gasteiger partial charge in [0.05, 0.1) is 12.3 Å². The minimum atomic E-state index is -0.271. The molecule has 104 valence electrons. The highest BCUT2D eigenvalue weighted by atomic mass is 16.5. The summed E-state index contributed by atoms with van der Waals surface area (Å²) in [5, 5.41) is 12.4. The molecule has 0 unspecified atom stereocenters. The molecule has 0 radical (unpaired) electrons. The first-order chi connectivity index (χ1) is 9.60. The van der Waals surface area contributed by atoms with Crippen LogP contribution in [0.1, 0.15) is 22.8 Å². The summed E-state index contributed by atoms with van der Waals surface area (Å²) in [5.41, 5.74) is 1.84. The van der Waals surface area contributed by atoms with Gasteiger partial charge in [-0.15, -0.1) is 0 Å². The quantitative estimate of drug-likeness (QED) is 0.838. The molecule has 2 N–H and O–H groups in total. The van der Waals surface area contributed by atoms with Gasteiger partial charge in [-0.2, -0.15) is 0 Å². The largest absolute Gasteiger partial charge is 0.506 e. The number of phenols is 1. The number of aromatic hydroxyl groups is 1. The molecule has 0 saturated heterocycles. The third kappa shape index (κ3) is 3.29. The summed E-state index contributed by atoms with van der Waals surface area (Å²) in [7, 11) is 0. The predicted molar refractivity (Wildman–Crippen MR) is 78.4 cm³/mol. The maximum absolute atomic E-state index is 12.1. The molecule has 0 aliphatic heterocycles. The van der Waals surface area contributed by atoms with Gasteiger partial charge < -0.3 is 15.2 Å². The average molecular weight is 271 g/mol. The SMILES string of the molecule is CCOc1ccc(C(=O)Nc2ccc(C)cc2O)cc1. The summed E-state index contributed by atoms with van der Waals surface area (Å²) in [4.78, 5) is 12.1. The molecule has 0 saturated carbocycles. The first-order valence-corrected chi connectivity index (χ1v) is 6.44. The first kappa shape index (κ1) is 13.9. The zero-order valence-corrected chi connectivity index (χ0v) is 11.5. The molecule has 0 aliphatic rings. The van der Waals surface area contributed by atoms with Gasteiger partial charge in [-0.3, -0.25) is 4.79 Å². The van der Waals surface area contributed by atoms with E-state index in [0.29, 0.717) is 17.9 Å². The Bertz CT molecular complexity index is 606. The predicted octanol–water partition coefficient (Wildman–Crippen LogP) is 3.35. The van der Waals surface area contributed by atoms with Crippen LogP contribution in [-0.2, 0) is 0 Å². The Hall–Kier alpha value is -2.49. The Morgan fingerprint density at radius 3 is 2.50 bits per heavy atom. The maximum atomic E-state index is 12.1. The molecule has 0 aromatic heterocycles. The van der Waals surface area contributed by atoms with E-state index < -0.39 is 0 Å². The first-order valence-electron chi connectivity index (χ1n) is 6.44. The van der Waals surface area contributed by atoms with Crippen LogP contribution in [0.25, 0.3) is 0 Å². The van der Waals surface area contributed by atoms with Crippen molar-refractivity contribution < 1.29 is 14.6 Å². The monoisotopic (exact) mass is 271 g/mol. The zero-order chi connectivity index (χ0) is 14.5. The van der Waals surface area contributed by atoms with Crippen LogP contribution in [0.15, 0.2) is 42.5 Å². The van der Waals surface area contributed by atoms with Gasteiger partial charge in [0.25, 0.3) is 5.91 Å². The van der Waals surface area contributed by atoms with E-state index in [9.17, 15) is 9.90 Å². The van der Waals surface area contributed by atoms with Gasteiger partial charge in [-0.25, -0.2) is 0 Å².